The van der Waals surface area contributed by atoms with Crippen LogP contribution in [0.5, 0.6) is 5.75 Å². The molecule has 0 bridgehead atoms. The van der Waals surface area contributed by atoms with Crippen molar-refractivity contribution in [2.45, 2.75) is 52.3 Å². The van der Waals surface area contributed by atoms with Gasteiger partial charge in [-0.15, -0.1) is 0 Å². The van der Waals surface area contributed by atoms with E-state index in [0.717, 1.165) is 22.7 Å². The van der Waals surface area contributed by atoms with Crippen molar-refractivity contribution in [1.82, 2.24) is 15.1 Å². The first-order chi connectivity index (χ1) is 16.9. The molecule has 4 aromatic rings. The first-order valence-corrected chi connectivity index (χ1v) is 11.8. The van der Waals surface area contributed by atoms with Crippen molar-refractivity contribution in [3.63, 3.8) is 0 Å². The molecule has 4 heterocycles. The number of aromatic nitrogens is 3. The molecular weight excluding hydrogens is 442 g/mol. The van der Waals surface area contributed by atoms with Crippen LogP contribution in [0.3, 0.4) is 0 Å². The SMILES string of the molecule is CC1OC(c2cc(-c3ccc(C(C)(c4ccc(OCc5ccccn5)cn4)C(C)C)cc3)on2)O1. The molecule has 0 radical (unpaired) electrons. The number of hydrogen-bond acceptors (Lipinski definition) is 7. The maximum Gasteiger partial charge on any atom is 0.209 e. The van der Waals surface area contributed by atoms with E-state index in [0.29, 0.717) is 24.0 Å². The van der Waals surface area contributed by atoms with Crippen molar-refractivity contribution >= 4 is 0 Å². The first kappa shape index (κ1) is 23.2. The average Bonchev–Trinajstić information content (AvgIpc) is 3.36. The maximum absolute atomic E-state index is 5.87. The van der Waals surface area contributed by atoms with E-state index in [1.165, 1.54) is 5.56 Å². The van der Waals surface area contributed by atoms with Gasteiger partial charge < -0.3 is 18.7 Å². The summed E-state index contributed by atoms with van der Waals surface area (Å²) >= 11 is 0. The lowest BCUT2D eigenvalue weighted by Gasteiger charge is -2.34. The molecule has 0 spiro atoms. The van der Waals surface area contributed by atoms with Gasteiger partial charge in [0.15, 0.2) is 12.1 Å². The summed E-state index contributed by atoms with van der Waals surface area (Å²) in [5.74, 6) is 1.71. The zero-order valence-electron chi connectivity index (χ0n) is 20.3. The van der Waals surface area contributed by atoms with Crippen LogP contribution in [0.15, 0.2) is 77.6 Å². The predicted molar refractivity (Wildman–Crippen MR) is 130 cm³/mol. The highest BCUT2D eigenvalue weighted by Gasteiger charge is 2.34. The molecule has 3 aromatic heterocycles. The van der Waals surface area contributed by atoms with E-state index in [1.807, 2.05) is 43.3 Å². The Kier molecular flexibility index (Phi) is 6.36. The van der Waals surface area contributed by atoms with Crippen molar-refractivity contribution < 1.29 is 18.7 Å². The summed E-state index contributed by atoms with van der Waals surface area (Å²) in [6.07, 6.45) is 2.89. The Bertz CT molecular complexity index is 1250. The lowest BCUT2D eigenvalue weighted by molar-refractivity contribution is -0.384. The zero-order valence-corrected chi connectivity index (χ0v) is 20.3. The second-order valence-electron chi connectivity index (χ2n) is 9.21. The van der Waals surface area contributed by atoms with Gasteiger partial charge in [-0.2, -0.15) is 0 Å². The molecule has 1 aliphatic heterocycles. The summed E-state index contributed by atoms with van der Waals surface area (Å²) in [7, 11) is 0. The largest absolute Gasteiger partial charge is 0.486 e. The van der Waals surface area contributed by atoms with Gasteiger partial charge in [-0.25, -0.2) is 0 Å². The number of ether oxygens (including phenoxy) is 3. The van der Waals surface area contributed by atoms with E-state index in [-0.39, 0.29) is 11.7 Å². The Balaban J connectivity index is 1.33. The van der Waals surface area contributed by atoms with Gasteiger partial charge in [-0.3, -0.25) is 9.97 Å². The minimum absolute atomic E-state index is 0.205. The van der Waals surface area contributed by atoms with Gasteiger partial charge in [0.05, 0.1) is 17.6 Å². The fourth-order valence-corrected chi connectivity index (χ4v) is 4.21. The van der Waals surface area contributed by atoms with Crippen LogP contribution in [-0.4, -0.2) is 21.4 Å². The number of benzene rings is 1. The minimum Gasteiger partial charge on any atom is -0.486 e. The molecule has 0 saturated carbocycles. The quantitative estimate of drug-likeness (QED) is 0.309. The fourth-order valence-electron chi connectivity index (χ4n) is 4.21. The van der Waals surface area contributed by atoms with Crippen molar-refractivity contribution in [2.24, 2.45) is 5.92 Å². The topological polar surface area (TPSA) is 79.5 Å². The summed E-state index contributed by atoms with van der Waals surface area (Å²) in [5.41, 5.74) is 4.34. The second kappa shape index (κ2) is 9.60. The summed E-state index contributed by atoms with van der Waals surface area (Å²) in [5, 5.41) is 4.09. The van der Waals surface area contributed by atoms with Crippen LogP contribution in [0.4, 0.5) is 0 Å². The third kappa shape index (κ3) is 4.70. The lowest BCUT2D eigenvalue weighted by atomic mass is 9.70. The smallest absolute Gasteiger partial charge is 0.209 e. The Hall–Kier alpha value is -3.55. The predicted octanol–water partition coefficient (Wildman–Crippen LogP) is 6.06. The van der Waals surface area contributed by atoms with E-state index < -0.39 is 6.29 Å². The van der Waals surface area contributed by atoms with Crippen LogP contribution in [0.25, 0.3) is 11.3 Å². The lowest BCUT2D eigenvalue weighted by Crippen LogP contribution is -2.31. The highest BCUT2D eigenvalue weighted by atomic mass is 16.9. The number of pyridine rings is 2. The van der Waals surface area contributed by atoms with Crippen molar-refractivity contribution in [2.75, 3.05) is 0 Å². The van der Waals surface area contributed by atoms with Crippen molar-refractivity contribution in [1.29, 1.82) is 0 Å². The zero-order chi connectivity index (χ0) is 24.4. The molecule has 1 saturated heterocycles. The van der Waals surface area contributed by atoms with Gasteiger partial charge >= 0.3 is 0 Å². The van der Waals surface area contributed by atoms with Crippen LogP contribution < -0.4 is 4.74 Å². The molecule has 1 aliphatic rings. The van der Waals surface area contributed by atoms with E-state index >= 15 is 0 Å². The van der Waals surface area contributed by atoms with Crippen LogP contribution in [0.1, 0.15) is 56.6 Å². The normalized spacial score (nSPS) is 19.2. The molecule has 35 heavy (non-hydrogen) atoms. The molecule has 1 fully saturated rings. The van der Waals surface area contributed by atoms with Gasteiger partial charge in [0.2, 0.25) is 6.29 Å². The molecular formula is C28H29N3O4. The Morgan fingerprint density at radius 1 is 1.00 bits per heavy atom. The highest BCUT2D eigenvalue weighted by molar-refractivity contribution is 5.58. The molecule has 7 heteroatoms. The monoisotopic (exact) mass is 471 g/mol. The molecule has 1 aromatic carbocycles. The maximum atomic E-state index is 5.87. The minimum atomic E-state index is -0.451. The third-order valence-electron chi connectivity index (χ3n) is 6.71. The molecule has 1 atom stereocenters. The average molecular weight is 472 g/mol. The van der Waals surface area contributed by atoms with E-state index in [9.17, 15) is 0 Å². The Morgan fingerprint density at radius 3 is 2.43 bits per heavy atom. The van der Waals surface area contributed by atoms with Gasteiger partial charge in [-0.1, -0.05) is 49.3 Å². The van der Waals surface area contributed by atoms with Crippen molar-refractivity contribution in [3.8, 4) is 17.1 Å². The standard InChI is InChI=1S/C28H29N3O4/c1-18(2)28(4,26-13-12-23(16-30-26)32-17-22-7-5-6-14-29-22)21-10-8-20(9-11-21)25-15-24(31-35-25)27-33-19(3)34-27/h5-16,18-19,27H,17H2,1-4H3. The summed E-state index contributed by atoms with van der Waals surface area (Å²) < 4.78 is 22.4. The summed E-state index contributed by atoms with van der Waals surface area (Å²) in [6.45, 7) is 8.90. The Morgan fingerprint density at radius 2 is 1.80 bits per heavy atom. The molecule has 5 rings (SSSR count). The molecule has 180 valence electrons. The molecule has 0 amide bonds. The summed E-state index contributed by atoms with van der Waals surface area (Å²) in [6, 6.07) is 20.0. The number of rotatable bonds is 8. The van der Waals surface area contributed by atoms with E-state index in [4.69, 9.17) is 23.7 Å². The number of hydrogen-bond donors (Lipinski definition) is 0. The summed E-state index contributed by atoms with van der Waals surface area (Å²) in [4.78, 5) is 9.08. The molecule has 7 nitrogen and oxygen atoms in total. The van der Waals surface area contributed by atoms with Crippen molar-refractivity contribution in [3.05, 3.63) is 95.7 Å². The molecule has 0 aliphatic carbocycles. The Labute approximate surface area is 205 Å². The van der Waals surface area contributed by atoms with Crippen LogP contribution in [-0.2, 0) is 21.5 Å². The highest BCUT2D eigenvalue weighted by Crippen LogP contribution is 2.39. The van der Waals surface area contributed by atoms with Gasteiger partial charge in [0.25, 0.3) is 0 Å². The van der Waals surface area contributed by atoms with Gasteiger partial charge in [-0.05, 0) is 49.6 Å². The van der Waals surface area contributed by atoms with E-state index in [1.54, 1.807) is 12.4 Å². The number of nitrogens with zero attached hydrogens (tertiary/aromatic N) is 3. The van der Waals surface area contributed by atoms with Crippen LogP contribution >= 0.6 is 0 Å². The van der Waals surface area contributed by atoms with Crippen LogP contribution in [0.2, 0.25) is 0 Å². The first-order valence-electron chi connectivity index (χ1n) is 11.8. The van der Waals surface area contributed by atoms with Gasteiger partial charge in [0.1, 0.15) is 18.1 Å². The molecule has 0 N–H and O–H groups in total. The van der Waals surface area contributed by atoms with E-state index in [2.05, 4.69) is 55.2 Å². The molecule has 1 unspecified atom stereocenters. The van der Waals surface area contributed by atoms with Crippen LogP contribution in [0, 0.1) is 5.92 Å². The second-order valence-corrected chi connectivity index (χ2v) is 9.21. The van der Waals surface area contributed by atoms with Gasteiger partial charge in [0, 0.05) is 23.2 Å². The third-order valence-corrected chi connectivity index (χ3v) is 6.71. The fraction of sp³-hybridized carbons (Fsp3) is 0.321.